The number of hydrogen-bond donors (Lipinski definition) is 0. The van der Waals surface area contributed by atoms with Crippen LogP contribution in [-0.4, -0.2) is 0 Å². The van der Waals surface area contributed by atoms with E-state index in [2.05, 4.69) is 0 Å². The van der Waals surface area contributed by atoms with E-state index in [1.54, 1.807) is 42.5 Å². The Morgan fingerprint density at radius 3 is 2.07 bits per heavy atom. The molecule has 0 saturated heterocycles. The first kappa shape index (κ1) is 9.84. The van der Waals surface area contributed by atoms with Crippen molar-refractivity contribution in [1.82, 2.24) is 0 Å². The van der Waals surface area contributed by atoms with Gasteiger partial charge < -0.3 is 0 Å². The molecule has 0 aliphatic carbocycles. The molecule has 15 heavy (non-hydrogen) atoms. The van der Waals surface area contributed by atoms with Gasteiger partial charge in [-0.25, -0.2) is 8.78 Å². The molecule has 0 aliphatic heterocycles. The molecule has 0 heterocycles. The molecule has 0 fully saturated rings. The summed E-state index contributed by atoms with van der Waals surface area (Å²) in [5.41, 5.74) is 1.59. The molecule has 0 bridgehead atoms. The molecule has 0 spiro atoms. The molecule has 2 aromatic carbocycles. The highest BCUT2D eigenvalue weighted by Gasteiger charge is 2.07. The SMILES string of the molecule is FCc1ccccc1-c1ccccc1F. The summed E-state index contributed by atoms with van der Waals surface area (Å²) in [6.07, 6.45) is 0. The van der Waals surface area contributed by atoms with Gasteiger partial charge in [0.2, 0.25) is 0 Å². The monoisotopic (exact) mass is 204 g/mol. The van der Waals surface area contributed by atoms with Crippen LogP contribution in [0.1, 0.15) is 5.56 Å². The van der Waals surface area contributed by atoms with Gasteiger partial charge in [-0.1, -0.05) is 42.5 Å². The summed E-state index contributed by atoms with van der Waals surface area (Å²) in [4.78, 5) is 0. The molecule has 76 valence electrons. The van der Waals surface area contributed by atoms with Gasteiger partial charge in [-0.3, -0.25) is 0 Å². The molecule has 0 saturated carbocycles. The fraction of sp³-hybridized carbons (Fsp3) is 0.0769. The van der Waals surface area contributed by atoms with Crippen molar-refractivity contribution in [2.24, 2.45) is 0 Å². The summed E-state index contributed by atoms with van der Waals surface area (Å²) >= 11 is 0. The zero-order chi connectivity index (χ0) is 10.7. The van der Waals surface area contributed by atoms with Crippen LogP contribution in [0.15, 0.2) is 48.5 Å². The molecule has 0 N–H and O–H groups in total. The van der Waals surface area contributed by atoms with Crippen LogP contribution in [0.4, 0.5) is 8.78 Å². The first-order valence-electron chi connectivity index (χ1n) is 4.71. The van der Waals surface area contributed by atoms with E-state index < -0.39 is 6.67 Å². The summed E-state index contributed by atoms with van der Waals surface area (Å²) in [5.74, 6) is -0.321. The van der Waals surface area contributed by atoms with Gasteiger partial charge in [0.15, 0.2) is 0 Å². The van der Waals surface area contributed by atoms with E-state index in [0.717, 1.165) is 0 Å². The Labute approximate surface area is 87.2 Å². The van der Waals surface area contributed by atoms with Crippen LogP contribution in [0.5, 0.6) is 0 Å². The predicted molar refractivity (Wildman–Crippen MR) is 56.6 cm³/mol. The Hall–Kier alpha value is -1.70. The Balaban J connectivity index is 2.59. The van der Waals surface area contributed by atoms with Gasteiger partial charge in [-0.15, -0.1) is 0 Å². The normalized spacial score (nSPS) is 10.3. The first-order valence-corrected chi connectivity index (χ1v) is 4.71. The molecule has 2 heteroatoms. The third kappa shape index (κ3) is 1.89. The average Bonchev–Trinajstić information content (AvgIpc) is 2.30. The largest absolute Gasteiger partial charge is 0.246 e. The highest BCUT2D eigenvalue weighted by molar-refractivity contribution is 5.67. The lowest BCUT2D eigenvalue weighted by Crippen LogP contribution is -1.89. The van der Waals surface area contributed by atoms with Crippen LogP contribution in [0.25, 0.3) is 11.1 Å². The molecular formula is C13H10F2. The average molecular weight is 204 g/mol. The van der Waals surface area contributed by atoms with E-state index in [4.69, 9.17) is 0 Å². The van der Waals surface area contributed by atoms with Gasteiger partial charge >= 0.3 is 0 Å². The van der Waals surface area contributed by atoms with Crippen molar-refractivity contribution in [3.63, 3.8) is 0 Å². The Bertz CT molecular complexity index is 464. The van der Waals surface area contributed by atoms with Crippen molar-refractivity contribution in [1.29, 1.82) is 0 Å². The molecule has 0 nitrogen and oxygen atoms in total. The van der Waals surface area contributed by atoms with Gasteiger partial charge in [0.05, 0.1) is 0 Å². The van der Waals surface area contributed by atoms with Crippen LogP contribution in [-0.2, 0) is 6.67 Å². The molecule has 0 amide bonds. The van der Waals surface area contributed by atoms with Crippen LogP contribution >= 0.6 is 0 Å². The van der Waals surface area contributed by atoms with Crippen LogP contribution in [0.2, 0.25) is 0 Å². The van der Waals surface area contributed by atoms with E-state index in [-0.39, 0.29) is 5.82 Å². The van der Waals surface area contributed by atoms with Crippen molar-refractivity contribution >= 4 is 0 Å². The quantitative estimate of drug-likeness (QED) is 0.694. The molecule has 0 unspecified atom stereocenters. The van der Waals surface area contributed by atoms with Crippen molar-refractivity contribution in [2.45, 2.75) is 6.67 Å². The zero-order valence-electron chi connectivity index (χ0n) is 8.08. The summed E-state index contributed by atoms with van der Waals surface area (Å²) in [6, 6.07) is 13.3. The molecule has 0 atom stereocenters. The van der Waals surface area contributed by atoms with Crippen molar-refractivity contribution in [2.75, 3.05) is 0 Å². The lowest BCUT2D eigenvalue weighted by molar-refractivity contribution is 0.486. The number of rotatable bonds is 2. The van der Waals surface area contributed by atoms with Crippen LogP contribution in [0.3, 0.4) is 0 Å². The number of hydrogen-bond acceptors (Lipinski definition) is 0. The second-order valence-electron chi connectivity index (χ2n) is 3.27. The van der Waals surface area contributed by atoms with Crippen LogP contribution < -0.4 is 0 Å². The topological polar surface area (TPSA) is 0 Å². The van der Waals surface area contributed by atoms with E-state index in [1.807, 2.05) is 0 Å². The van der Waals surface area contributed by atoms with Crippen molar-refractivity contribution < 1.29 is 8.78 Å². The highest BCUT2D eigenvalue weighted by atomic mass is 19.1. The maximum absolute atomic E-state index is 13.5. The molecule has 0 aromatic heterocycles. The Kier molecular flexibility index (Phi) is 2.77. The maximum Gasteiger partial charge on any atom is 0.131 e. The Morgan fingerprint density at radius 1 is 0.800 bits per heavy atom. The molecular weight excluding hydrogens is 194 g/mol. The molecule has 0 aliphatic rings. The minimum Gasteiger partial charge on any atom is -0.246 e. The standard InChI is InChI=1S/C13H10F2/c14-9-10-5-1-2-6-11(10)12-7-3-4-8-13(12)15/h1-8H,9H2. The fourth-order valence-corrected chi connectivity index (χ4v) is 1.58. The third-order valence-corrected chi connectivity index (χ3v) is 2.33. The second-order valence-corrected chi connectivity index (χ2v) is 3.27. The van der Waals surface area contributed by atoms with E-state index >= 15 is 0 Å². The van der Waals surface area contributed by atoms with E-state index in [1.165, 1.54) is 6.07 Å². The number of alkyl halides is 1. The summed E-state index contributed by atoms with van der Waals surface area (Å²) < 4.78 is 26.1. The zero-order valence-corrected chi connectivity index (χ0v) is 8.08. The predicted octanol–water partition coefficient (Wildman–Crippen LogP) is 3.96. The second kappa shape index (κ2) is 4.22. The minimum atomic E-state index is -0.579. The van der Waals surface area contributed by atoms with Crippen molar-refractivity contribution in [3.8, 4) is 11.1 Å². The summed E-state index contributed by atoms with van der Waals surface area (Å²) in [6.45, 7) is -0.579. The molecule has 2 aromatic rings. The summed E-state index contributed by atoms with van der Waals surface area (Å²) in [7, 11) is 0. The number of halogens is 2. The third-order valence-electron chi connectivity index (χ3n) is 2.33. The van der Waals surface area contributed by atoms with E-state index in [9.17, 15) is 8.78 Å². The summed E-state index contributed by atoms with van der Waals surface area (Å²) in [5, 5.41) is 0. The maximum atomic E-state index is 13.5. The number of benzene rings is 2. The highest BCUT2D eigenvalue weighted by Crippen LogP contribution is 2.26. The van der Waals surface area contributed by atoms with Gasteiger partial charge in [0.1, 0.15) is 12.5 Å². The molecule has 2 rings (SSSR count). The van der Waals surface area contributed by atoms with Gasteiger partial charge in [0.25, 0.3) is 0 Å². The fourth-order valence-electron chi connectivity index (χ4n) is 1.58. The lowest BCUT2D eigenvalue weighted by atomic mass is 10.00. The van der Waals surface area contributed by atoms with Gasteiger partial charge in [-0.05, 0) is 17.2 Å². The van der Waals surface area contributed by atoms with E-state index in [0.29, 0.717) is 16.7 Å². The van der Waals surface area contributed by atoms with Gasteiger partial charge in [0, 0.05) is 5.56 Å². The smallest absolute Gasteiger partial charge is 0.131 e. The molecule has 0 radical (unpaired) electrons. The minimum absolute atomic E-state index is 0.321. The van der Waals surface area contributed by atoms with Gasteiger partial charge in [-0.2, -0.15) is 0 Å². The lowest BCUT2D eigenvalue weighted by Gasteiger charge is -2.07. The van der Waals surface area contributed by atoms with Crippen LogP contribution in [0, 0.1) is 5.82 Å². The van der Waals surface area contributed by atoms with Crippen molar-refractivity contribution in [3.05, 3.63) is 59.9 Å². The first-order chi connectivity index (χ1) is 7.33. The Morgan fingerprint density at radius 2 is 1.40 bits per heavy atom.